The summed E-state index contributed by atoms with van der Waals surface area (Å²) in [5, 5.41) is 9.17. The molecule has 1 fully saturated rings. The van der Waals surface area contributed by atoms with Crippen LogP contribution in [0.4, 0.5) is 13.2 Å². The first-order valence-corrected chi connectivity index (χ1v) is 11.2. The van der Waals surface area contributed by atoms with E-state index < -0.39 is 21.6 Å². The van der Waals surface area contributed by atoms with Crippen LogP contribution < -0.4 is 5.32 Å². The molecule has 3 aliphatic rings. The Morgan fingerprint density at radius 1 is 1.24 bits per heavy atom. The van der Waals surface area contributed by atoms with Gasteiger partial charge >= 0.3 is 6.18 Å². The number of halogens is 3. The lowest BCUT2D eigenvalue weighted by Crippen LogP contribution is -2.47. The minimum absolute atomic E-state index is 0.202. The second kappa shape index (κ2) is 7.47. The standard InChI is InChI=1S/C19H21F3N4O2S/c20-19(21,22)15-3-1-2-14(10-15)16-12-24-26-7-4-17(25-18(16)26)23-11-13-5-8-29(27,28)9-6-13/h1-4,7,10,12-13,16,18H,5-6,8-9,11H2,(H,23,25). The molecule has 2 atom stereocenters. The highest BCUT2D eigenvalue weighted by atomic mass is 32.2. The van der Waals surface area contributed by atoms with Crippen molar-refractivity contribution in [3.63, 3.8) is 0 Å². The largest absolute Gasteiger partial charge is 0.416 e. The van der Waals surface area contributed by atoms with Crippen molar-refractivity contribution in [1.82, 2.24) is 10.3 Å². The minimum atomic E-state index is -4.40. The van der Waals surface area contributed by atoms with E-state index in [4.69, 9.17) is 0 Å². The lowest BCUT2D eigenvalue weighted by Gasteiger charge is -2.31. The Bertz CT molecular complexity index is 958. The van der Waals surface area contributed by atoms with Crippen molar-refractivity contribution in [3.8, 4) is 0 Å². The second-order valence-electron chi connectivity index (χ2n) is 7.52. The van der Waals surface area contributed by atoms with Gasteiger partial charge in [-0.05, 0) is 36.5 Å². The Kier molecular flexibility index (Phi) is 5.14. The average molecular weight is 426 g/mol. The zero-order valence-corrected chi connectivity index (χ0v) is 16.3. The SMILES string of the molecule is O=S1(=O)CCC(CN=C2C=CN3N=CC(c4cccc(C(F)(F)F)c4)C3N2)CC1. The van der Waals surface area contributed by atoms with Crippen LogP contribution in [-0.2, 0) is 16.0 Å². The molecule has 0 amide bonds. The first-order chi connectivity index (χ1) is 13.7. The molecule has 3 aliphatic heterocycles. The van der Waals surface area contributed by atoms with Gasteiger partial charge in [0, 0.05) is 19.0 Å². The summed E-state index contributed by atoms with van der Waals surface area (Å²) in [7, 11) is -2.90. The summed E-state index contributed by atoms with van der Waals surface area (Å²) < 4.78 is 62.2. The van der Waals surface area contributed by atoms with Gasteiger partial charge in [0.1, 0.15) is 21.8 Å². The molecule has 1 saturated heterocycles. The molecule has 3 heterocycles. The van der Waals surface area contributed by atoms with Crippen molar-refractivity contribution < 1.29 is 21.6 Å². The first-order valence-electron chi connectivity index (χ1n) is 9.40. The number of alkyl halides is 3. The summed E-state index contributed by atoms with van der Waals surface area (Å²) in [5.41, 5.74) is -0.162. The summed E-state index contributed by atoms with van der Waals surface area (Å²) in [6.07, 6.45) is 1.60. The summed E-state index contributed by atoms with van der Waals surface area (Å²) >= 11 is 0. The Morgan fingerprint density at radius 2 is 2.00 bits per heavy atom. The number of nitrogens with one attached hydrogen (secondary N) is 1. The number of aliphatic imine (C=N–C) groups is 1. The van der Waals surface area contributed by atoms with E-state index >= 15 is 0 Å². The molecule has 1 aromatic rings. The lowest BCUT2D eigenvalue weighted by molar-refractivity contribution is -0.137. The highest BCUT2D eigenvalue weighted by molar-refractivity contribution is 7.91. The van der Waals surface area contributed by atoms with Crippen LogP contribution in [0.5, 0.6) is 0 Å². The zero-order valence-electron chi connectivity index (χ0n) is 15.5. The maximum Gasteiger partial charge on any atom is 0.416 e. The smallest absolute Gasteiger partial charge is 0.348 e. The first kappa shape index (κ1) is 19.9. The van der Waals surface area contributed by atoms with Crippen molar-refractivity contribution in [2.75, 3.05) is 18.1 Å². The van der Waals surface area contributed by atoms with E-state index in [1.807, 2.05) is 0 Å². The van der Waals surface area contributed by atoms with E-state index in [2.05, 4.69) is 15.4 Å². The van der Waals surface area contributed by atoms with Gasteiger partial charge in [0.2, 0.25) is 0 Å². The molecule has 1 N–H and O–H groups in total. The van der Waals surface area contributed by atoms with E-state index in [0.717, 1.165) is 12.1 Å². The van der Waals surface area contributed by atoms with Crippen molar-refractivity contribution in [3.05, 3.63) is 47.7 Å². The minimum Gasteiger partial charge on any atom is -0.348 e. The van der Waals surface area contributed by atoms with Gasteiger partial charge in [0.25, 0.3) is 0 Å². The van der Waals surface area contributed by atoms with Gasteiger partial charge in [-0.25, -0.2) is 13.4 Å². The Morgan fingerprint density at radius 3 is 2.72 bits per heavy atom. The van der Waals surface area contributed by atoms with Crippen LogP contribution >= 0.6 is 0 Å². The molecule has 1 aromatic carbocycles. The zero-order chi connectivity index (χ0) is 20.6. The van der Waals surface area contributed by atoms with Crippen LogP contribution in [0.15, 0.2) is 46.6 Å². The van der Waals surface area contributed by atoms with E-state index in [0.29, 0.717) is 30.8 Å². The summed E-state index contributed by atoms with van der Waals surface area (Å²) in [4.78, 5) is 4.56. The van der Waals surface area contributed by atoms with Gasteiger partial charge in [-0.1, -0.05) is 18.2 Å². The number of sulfone groups is 1. The lowest BCUT2D eigenvalue weighted by atomic mass is 9.95. The predicted molar refractivity (Wildman–Crippen MR) is 104 cm³/mol. The Hall–Kier alpha value is -2.36. The molecular formula is C19H21F3N4O2S. The monoisotopic (exact) mass is 426 g/mol. The summed E-state index contributed by atoms with van der Waals surface area (Å²) in [5.74, 6) is 0.897. The molecule has 0 bridgehead atoms. The van der Waals surface area contributed by atoms with Crippen molar-refractivity contribution in [2.45, 2.75) is 31.1 Å². The molecule has 10 heteroatoms. The summed E-state index contributed by atoms with van der Waals surface area (Å²) in [6.45, 7) is 0.518. The van der Waals surface area contributed by atoms with Crippen molar-refractivity contribution >= 4 is 21.9 Å². The molecule has 156 valence electrons. The van der Waals surface area contributed by atoms with E-state index in [1.54, 1.807) is 29.6 Å². The van der Waals surface area contributed by atoms with E-state index in [1.165, 1.54) is 6.07 Å². The number of benzene rings is 1. The van der Waals surface area contributed by atoms with Gasteiger partial charge in [0.05, 0.1) is 23.0 Å². The third-order valence-electron chi connectivity index (χ3n) is 5.46. The highest BCUT2D eigenvalue weighted by Crippen LogP contribution is 2.33. The Balaban J connectivity index is 1.45. The van der Waals surface area contributed by atoms with Gasteiger partial charge in [-0.15, -0.1) is 0 Å². The third kappa shape index (κ3) is 4.47. The van der Waals surface area contributed by atoms with E-state index in [-0.39, 0.29) is 29.5 Å². The van der Waals surface area contributed by atoms with Crippen LogP contribution in [0.3, 0.4) is 0 Å². The molecule has 0 radical (unpaired) electrons. The number of fused-ring (bicyclic) bond motifs is 1. The van der Waals surface area contributed by atoms with Gasteiger partial charge < -0.3 is 5.32 Å². The third-order valence-corrected chi connectivity index (χ3v) is 7.17. The molecular weight excluding hydrogens is 405 g/mol. The maximum atomic E-state index is 13.0. The molecule has 29 heavy (non-hydrogen) atoms. The van der Waals surface area contributed by atoms with Crippen LogP contribution in [-0.4, -0.2) is 49.7 Å². The van der Waals surface area contributed by atoms with Crippen LogP contribution in [0, 0.1) is 5.92 Å². The van der Waals surface area contributed by atoms with Gasteiger partial charge in [-0.3, -0.25) is 4.99 Å². The topological polar surface area (TPSA) is 74.1 Å². The molecule has 6 nitrogen and oxygen atoms in total. The maximum absolute atomic E-state index is 13.0. The molecule has 2 unspecified atom stereocenters. The number of hydrazone groups is 1. The van der Waals surface area contributed by atoms with E-state index in [9.17, 15) is 21.6 Å². The second-order valence-corrected chi connectivity index (χ2v) is 9.82. The van der Waals surface area contributed by atoms with Crippen LogP contribution in [0.1, 0.15) is 29.9 Å². The molecule has 0 saturated carbocycles. The fraction of sp³-hybridized carbons (Fsp3) is 0.474. The molecule has 0 aromatic heterocycles. The number of nitrogens with zero attached hydrogens (tertiary/aromatic N) is 3. The molecule has 0 spiro atoms. The number of hydrogen-bond acceptors (Lipinski definition) is 5. The summed E-state index contributed by atoms with van der Waals surface area (Å²) in [6, 6.07) is 5.27. The number of rotatable bonds is 3. The van der Waals surface area contributed by atoms with Gasteiger partial charge in [0.15, 0.2) is 0 Å². The predicted octanol–water partition coefficient (Wildman–Crippen LogP) is 2.76. The normalized spacial score (nSPS) is 27.8. The van der Waals surface area contributed by atoms with Crippen molar-refractivity contribution in [2.24, 2.45) is 16.0 Å². The number of hydrogen-bond donors (Lipinski definition) is 1. The Labute approximate surface area is 167 Å². The molecule has 0 aliphatic carbocycles. The van der Waals surface area contributed by atoms with Gasteiger partial charge in [-0.2, -0.15) is 18.3 Å². The number of amidine groups is 1. The van der Waals surface area contributed by atoms with Crippen molar-refractivity contribution in [1.29, 1.82) is 0 Å². The van der Waals surface area contributed by atoms with Crippen LogP contribution in [0.25, 0.3) is 0 Å². The highest BCUT2D eigenvalue weighted by Gasteiger charge is 2.36. The average Bonchev–Trinajstić information content (AvgIpc) is 3.10. The fourth-order valence-electron chi connectivity index (χ4n) is 3.74. The molecule has 4 rings (SSSR count). The van der Waals surface area contributed by atoms with Crippen LogP contribution in [0.2, 0.25) is 0 Å². The fourth-order valence-corrected chi connectivity index (χ4v) is 5.33. The quantitative estimate of drug-likeness (QED) is 0.807.